The van der Waals surface area contributed by atoms with Gasteiger partial charge in [0.25, 0.3) is 0 Å². The van der Waals surface area contributed by atoms with Crippen molar-refractivity contribution in [1.82, 2.24) is 9.62 Å². The summed E-state index contributed by atoms with van der Waals surface area (Å²) >= 11 is 5.91. The van der Waals surface area contributed by atoms with Gasteiger partial charge < -0.3 is 0 Å². The van der Waals surface area contributed by atoms with Crippen LogP contribution in [0.3, 0.4) is 0 Å². The highest BCUT2D eigenvalue weighted by molar-refractivity contribution is 7.89. The number of nitrogens with one attached hydrogen (secondary N) is 1. The molecule has 1 aromatic rings. The topological polar surface area (TPSA) is 49.4 Å². The largest absolute Gasteiger partial charge is 0.296 e. The van der Waals surface area contributed by atoms with Gasteiger partial charge in [-0.1, -0.05) is 37.6 Å². The summed E-state index contributed by atoms with van der Waals surface area (Å²) in [5, 5.41) is 0.682. The van der Waals surface area contributed by atoms with Crippen molar-refractivity contribution in [3.05, 3.63) is 34.9 Å². The zero-order valence-electron chi connectivity index (χ0n) is 12.3. The fourth-order valence-electron chi connectivity index (χ4n) is 2.12. The Labute approximate surface area is 127 Å². The van der Waals surface area contributed by atoms with E-state index in [4.69, 9.17) is 11.6 Å². The summed E-state index contributed by atoms with van der Waals surface area (Å²) in [6.07, 6.45) is 0. The van der Waals surface area contributed by atoms with E-state index in [-0.39, 0.29) is 11.8 Å². The molecule has 0 aliphatic heterocycles. The normalized spacial score (nSPS) is 13.7. The van der Waals surface area contributed by atoms with Crippen molar-refractivity contribution in [2.24, 2.45) is 0 Å². The second-order valence-electron chi connectivity index (χ2n) is 4.54. The van der Waals surface area contributed by atoms with Crippen LogP contribution in [0.25, 0.3) is 0 Å². The number of likely N-dealkylation sites (N-methyl/N-ethyl adjacent to an activating group) is 1. The van der Waals surface area contributed by atoms with Crippen LogP contribution in [0.2, 0.25) is 5.02 Å². The zero-order chi connectivity index (χ0) is 15.2. The molecule has 114 valence electrons. The van der Waals surface area contributed by atoms with Gasteiger partial charge in [-0.3, -0.25) is 4.90 Å². The molecule has 0 aliphatic carbocycles. The molecule has 20 heavy (non-hydrogen) atoms. The summed E-state index contributed by atoms with van der Waals surface area (Å²) in [6.45, 7) is 7.87. The van der Waals surface area contributed by atoms with E-state index in [0.717, 1.165) is 18.7 Å². The molecule has 0 heterocycles. The molecule has 1 aromatic carbocycles. The summed E-state index contributed by atoms with van der Waals surface area (Å²) in [4.78, 5) is 2.22. The number of benzene rings is 1. The van der Waals surface area contributed by atoms with Crippen molar-refractivity contribution in [2.45, 2.75) is 26.8 Å². The second kappa shape index (κ2) is 7.98. The number of nitrogens with zero attached hydrogens (tertiary/aromatic N) is 1. The van der Waals surface area contributed by atoms with Crippen molar-refractivity contribution in [1.29, 1.82) is 0 Å². The van der Waals surface area contributed by atoms with Crippen molar-refractivity contribution >= 4 is 21.6 Å². The average Bonchev–Trinajstić information content (AvgIpc) is 2.44. The Kier molecular flexibility index (Phi) is 6.95. The number of sulfonamides is 1. The number of hydrogen-bond donors (Lipinski definition) is 1. The standard InChI is InChI=1S/C14H23ClN2O2S/c1-4-17(5-2)14(11-16-20(18,19)6-3)12-7-9-13(15)10-8-12/h7-10,14,16H,4-6,11H2,1-3H3. The van der Waals surface area contributed by atoms with E-state index in [1.807, 2.05) is 24.3 Å². The fourth-order valence-corrected chi connectivity index (χ4v) is 2.86. The monoisotopic (exact) mass is 318 g/mol. The van der Waals surface area contributed by atoms with E-state index >= 15 is 0 Å². The van der Waals surface area contributed by atoms with Crippen LogP contribution < -0.4 is 4.72 Å². The smallest absolute Gasteiger partial charge is 0.211 e. The molecule has 0 aromatic heterocycles. The van der Waals surface area contributed by atoms with Crippen molar-refractivity contribution in [3.63, 3.8) is 0 Å². The predicted molar refractivity (Wildman–Crippen MR) is 84.6 cm³/mol. The second-order valence-corrected chi connectivity index (χ2v) is 7.07. The Morgan fingerprint density at radius 3 is 2.15 bits per heavy atom. The maximum absolute atomic E-state index is 11.6. The quantitative estimate of drug-likeness (QED) is 0.801. The summed E-state index contributed by atoms with van der Waals surface area (Å²) in [7, 11) is -3.18. The molecule has 0 saturated carbocycles. The minimum atomic E-state index is -3.18. The zero-order valence-corrected chi connectivity index (χ0v) is 13.8. The summed E-state index contributed by atoms with van der Waals surface area (Å²) in [6, 6.07) is 7.59. The average molecular weight is 319 g/mol. The summed E-state index contributed by atoms with van der Waals surface area (Å²) in [5.74, 6) is 0.0958. The molecule has 0 bridgehead atoms. The van der Waals surface area contributed by atoms with Gasteiger partial charge in [0.1, 0.15) is 0 Å². The van der Waals surface area contributed by atoms with Gasteiger partial charge in [0.15, 0.2) is 0 Å². The van der Waals surface area contributed by atoms with Gasteiger partial charge in [-0.25, -0.2) is 13.1 Å². The highest BCUT2D eigenvalue weighted by atomic mass is 35.5. The van der Waals surface area contributed by atoms with Gasteiger partial charge >= 0.3 is 0 Å². The molecular weight excluding hydrogens is 296 g/mol. The Balaban J connectivity index is 2.93. The third kappa shape index (κ3) is 5.05. The molecule has 6 heteroatoms. The van der Waals surface area contributed by atoms with E-state index in [1.165, 1.54) is 0 Å². The summed E-state index contributed by atoms with van der Waals surface area (Å²) in [5.41, 5.74) is 1.07. The number of rotatable bonds is 8. The summed E-state index contributed by atoms with van der Waals surface area (Å²) < 4.78 is 25.9. The Bertz CT molecular complexity index is 498. The van der Waals surface area contributed by atoms with Crippen LogP contribution in [0, 0.1) is 0 Å². The third-order valence-electron chi connectivity index (χ3n) is 3.38. The molecule has 4 nitrogen and oxygen atoms in total. The lowest BCUT2D eigenvalue weighted by atomic mass is 10.1. The van der Waals surface area contributed by atoms with E-state index < -0.39 is 10.0 Å². The first-order valence-electron chi connectivity index (χ1n) is 6.90. The lowest BCUT2D eigenvalue weighted by Crippen LogP contribution is -2.38. The van der Waals surface area contributed by atoms with Gasteiger partial charge in [0.05, 0.1) is 5.75 Å². The van der Waals surface area contributed by atoms with E-state index in [1.54, 1.807) is 6.92 Å². The molecule has 1 rings (SSSR count). The Morgan fingerprint density at radius 2 is 1.70 bits per heavy atom. The molecule has 0 radical (unpaired) electrons. The molecule has 0 fully saturated rings. The lowest BCUT2D eigenvalue weighted by molar-refractivity contribution is 0.220. The number of halogens is 1. The first-order chi connectivity index (χ1) is 9.43. The minimum Gasteiger partial charge on any atom is -0.296 e. The van der Waals surface area contributed by atoms with Crippen molar-refractivity contribution < 1.29 is 8.42 Å². The van der Waals surface area contributed by atoms with Crippen LogP contribution in [-0.4, -0.2) is 38.7 Å². The van der Waals surface area contributed by atoms with Gasteiger partial charge in [-0.2, -0.15) is 0 Å². The molecule has 1 atom stereocenters. The fraction of sp³-hybridized carbons (Fsp3) is 0.571. The highest BCUT2D eigenvalue weighted by Crippen LogP contribution is 2.22. The van der Waals surface area contributed by atoms with Crippen LogP contribution in [0.15, 0.2) is 24.3 Å². The first kappa shape index (κ1) is 17.4. The maximum atomic E-state index is 11.6. The van der Waals surface area contributed by atoms with Gasteiger partial charge in [-0.15, -0.1) is 0 Å². The molecule has 0 aliphatic rings. The van der Waals surface area contributed by atoms with Crippen LogP contribution in [0.5, 0.6) is 0 Å². The molecular formula is C14H23ClN2O2S. The van der Waals surface area contributed by atoms with E-state index in [9.17, 15) is 8.42 Å². The predicted octanol–water partition coefficient (Wildman–Crippen LogP) is 2.66. The molecule has 0 saturated heterocycles. The van der Waals surface area contributed by atoms with E-state index in [2.05, 4.69) is 23.5 Å². The molecule has 0 amide bonds. The van der Waals surface area contributed by atoms with E-state index in [0.29, 0.717) is 11.6 Å². The van der Waals surface area contributed by atoms with Crippen molar-refractivity contribution in [2.75, 3.05) is 25.4 Å². The van der Waals surface area contributed by atoms with Gasteiger partial charge in [-0.05, 0) is 37.7 Å². The van der Waals surface area contributed by atoms with Gasteiger partial charge in [0, 0.05) is 17.6 Å². The molecule has 1 N–H and O–H groups in total. The lowest BCUT2D eigenvalue weighted by Gasteiger charge is -2.30. The first-order valence-corrected chi connectivity index (χ1v) is 8.93. The highest BCUT2D eigenvalue weighted by Gasteiger charge is 2.20. The third-order valence-corrected chi connectivity index (χ3v) is 5.00. The molecule has 0 spiro atoms. The van der Waals surface area contributed by atoms with Crippen LogP contribution in [0.1, 0.15) is 32.4 Å². The van der Waals surface area contributed by atoms with Gasteiger partial charge in [0.2, 0.25) is 10.0 Å². The maximum Gasteiger partial charge on any atom is 0.211 e. The van der Waals surface area contributed by atoms with Crippen LogP contribution >= 0.6 is 11.6 Å². The Hall–Kier alpha value is -0.620. The SMILES string of the molecule is CCN(CC)C(CNS(=O)(=O)CC)c1ccc(Cl)cc1. The Morgan fingerprint density at radius 1 is 1.15 bits per heavy atom. The minimum absolute atomic E-state index is 0.0172. The van der Waals surface area contributed by atoms with Crippen LogP contribution in [-0.2, 0) is 10.0 Å². The van der Waals surface area contributed by atoms with Crippen molar-refractivity contribution in [3.8, 4) is 0 Å². The molecule has 1 unspecified atom stereocenters. The number of hydrogen-bond acceptors (Lipinski definition) is 3. The van der Waals surface area contributed by atoms with Crippen LogP contribution in [0.4, 0.5) is 0 Å².